The van der Waals surface area contributed by atoms with E-state index in [0.717, 1.165) is 12.1 Å². The van der Waals surface area contributed by atoms with Gasteiger partial charge in [-0.15, -0.1) is 0 Å². The molecule has 0 saturated heterocycles. The number of carbonyl (C=O) groups excluding carboxylic acids is 1. The van der Waals surface area contributed by atoms with E-state index in [0.29, 0.717) is 12.5 Å². The highest BCUT2D eigenvalue weighted by Crippen LogP contribution is 2.30. The Labute approximate surface area is 90.7 Å². The molecular formula is C11H10F2O3. The summed E-state index contributed by atoms with van der Waals surface area (Å²) in [6.45, 7) is 2.21. The van der Waals surface area contributed by atoms with E-state index < -0.39 is 28.8 Å². The number of benzene rings is 1. The molecule has 0 bridgehead atoms. The lowest BCUT2D eigenvalue weighted by atomic mass is 9.97. The summed E-state index contributed by atoms with van der Waals surface area (Å²) in [6, 6.07) is 3.64. The molecular weight excluding hydrogens is 218 g/mol. The number of carboxylic acid groups (broad SMARTS) is 1. The van der Waals surface area contributed by atoms with E-state index in [1.165, 1.54) is 6.07 Å². The highest BCUT2D eigenvalue weighted by Gasteiger charge is 2.31. The normalized spacial score (nSPS) is 11.2. The van der Waals surface area contributed by atoms with E-state index >= 15 is 0 Å². The van der Waals surface area contributed by atoms with Gasteiger partial charge in [-0.05, 0) is 13.0 Å². The van der Waals surface area contributed by atoms with Gasteiger partial charge >= 0.3 is 5.97 Å². The Morgan fingerprint density at radius 2 is 1.88 bits per heavy atom. The van der Waals surface area contributed by atoms with Crippen LogP contribution >= 0.6 is 0 Å². The van der Waals surface area contributed by atoms with Crippen molar-refractivity contribution in [1.82, 2.24) is 0 Å². The molecule has 1 aromatic rings. The molecule has 3 nitrogen and oxygen atoms in total. The zero-order valence-electron chi connectivity index (χ0n) is 8.75. The number of rotatable bonds is 3. The average molecular weight is 228 g/mol. The minimum absolute atomic E-state index is 0.458. The van der Waals surface area contributed by atoms with Gasteiger partial charge in [0.15, 0.2) is 0 Å². The van der Waals surface area contributed by atoms with Crippen molar-refractivity contribution in [1.29, 1.82) is 0 Å². The van der Waals surface area contributed by atoms with Crippen LogP contribution in [0.4, 0.5) is 8.78 Å². The fourth-order valence-corrected chi connectivity index (χ4v) is 1.34. The fraction of sp³-hybridized carbons (Fsp3) is 0.273. The number of ketones is 1. The molecule has 0 heterocycles. The maximum atomic E-state index is 13.1. The topological polar surface area (TPSA) is 54.4 Å². The molecule has 0 spiro atoms. The highest BCUT2D eigenvalue weighted by atomic mass is 19.3. The summed E-state index contributed by atoms with van der Waals surface area (Å²) in [4.78, 5) is 21.7. The molecule has 0 atom stereocenters. The smallest absolute Gasteiger partial charge is 0.377 e. The first-order valence-electron chi connectivity index (χ1n) is 4.50. The molecule has 0 fully saturated rings. The predicted octanol–water partition coefficient (Wildman–Crippen LogP) is 2.37. The zero-order chi connectivity index (χ0) is 12.5. The number of aliphatic carboxylic acids is 1. The van der Waals surface area contributed by atoms with Crippen molar-refractivity contribution in [2.75, 3.05) is 0 Å². The molecule has 86 valence electrons. The number of Topliss-reactive ketones (excluding diaryl/α,β-unsaturated/α-hetero) is 1. The third kappa shape index (κ3) is 2.42. The van der Waals surface area contributed by atoms with Gasteiger partial charge in [-0.25, -0.2) is 13.6 Å². The maximum absolute atomic E-state index is 13.1. The van der Waals surface area contributed by atoms with Gasteiger partial charge in [0.25, 0.3) is 11.7 Å². The Kier molecular flexibility index (Phi) is 3.07. The molecule has 5 heteroatoms. The Morgan fingerprint density at radius 3 is 2.31 bits per heavy atom. The fourth-order valence-electron chi connectivity index (χ4n) is 1.34. The molecule has 0 unspecified atom stereocenters. The van der Waals surface area contributed by atoms with Gasteiger partial charge in [0, 0.05) is 18.1 Å². The molecule has 0 amide bonds. The summed E-state index contributed by atoms with van der Waals surface area (Å²) >= 11 is 0. The van der Waals surface area contributed by atoms with Crippen molar-refractivity contribution < 1.29 is 23.5 Å². The van der Waals surface area contributed by atoms with Crippen LogP contribution in [0, 0.1) is 6.92 Å². The number of halogens is 2. The maximum Gasteiger partial charge on any atom is 0.377 e. The largest absolute Gasteiger partial charge is 0.475 e. The van der Waals surface area contributed by atoms with Crippen LogP contribution in [0.25, 0.3) is 0 Å². The van der Waals surface area contributed by atoms with Crippen LogP contribution in [-0.4, -0.2) is 16.9 Å². The quantitative estimate of drug-likeness (QED) is 0.638. The van der Waals surface area contributed by atoms with E-state index in [-0.39, 0.29) is 0 Å². The van der Waals surface area contributed by atoms with Crippen LogP contribution in [0.3, 0.4) is 0 Å². The highest BCUT2D eigenvalue weighted by molar-refractivity contribution is 6.40. The summed E-state index contributed by atoms with van der Waals surface area (Å²) in [7, 11) is 0. The van der Waals surface area contributed by atoms with Gasteiger partial charge in [0.1, 0.15) is 0 Å². The second-order valence-electron chi connectivity index (χ2n) is 3.57. The first-order valence-corrected chi connectivity index (χ1v) is 4.50. The lowest BCUT2D eigenvalue weighted by molar-refractivity contribution is -0.131. The van der Waals surface area contributed by atoms with E-state index in [4.69, 9.17) is 5.11 Å². The number of alkyl halides is 2. The predicted molar refractivity (Wildman–Crippen MR) is 52.7 cm³/mol. The van der Waals surface area contributed by atoms with Gasteiger partial charge in [-0.1, -0.05) is 17.7 Å². The van der Waals surface area contributed by atoms with E-state index in [1.54, 1.807) is 6.92 Å². The van der Waals surface area contributed by atoms with Crippen LogP contribution in [0.5, 0.6) is 0 Å². The average Bonchev–Trinajstić information content (AvgIpc) is 2.14. The van der Waals surface area contributed by atoms with Gasteiger partial charge in [-0.2, -0.15) is 0 Å². The molecule has 0 radical (unpaired) electrons. The zero-order valence-corrected chi connectivity index (χ0v) is 8.75. The minimum atomic E-state index is -3.24. The van der Waals surface area contributed by atoms with Crippen molar-refractivity contribution in [3.63, 3.8) is 0 Å². The third-order valence-corrected chi connectivity index (χ3v) is 2.09. The minimum Gasteiger partial charge on any atom is -0.475 e. The Bertz CT molecular complexity index is 447. The lowest BCUT2D eigenvalue weighted by Gasteiger charge is -2.14. The molecule has 0 aromatic heterocycles. The van der Waals surface area contributed by atoms with Crippen molar-refractivity contribution >= 4 is 11.8 Å². The third-order valence-electron chi connectivity index (χ3n) is 2.09. The van der Waals surface area contributed by atoms with Gasteiger partial charge in [-0.3, -0.25) is 4.79 Å². The molecule has 1 rings (SSSR count). The van der Waals surface area contributed by atoms with Gasteiger partial charge in [0.05, 0.1) is 0 Å². The van der Waals surface area contributed by atoms with Crippen molar-refractivity contribution in [3.8, 4) is 0 Å². The van der Waals surface area contributed by atoms with Crippen LogP contribution < -0.4 is 0 Å². The number of carbonyl (C=O) groups is 2. The van der Waals surface area contributed by atoms with Crippen molar-refractivity contribution in [2.45, 2.75) is 19.8 Å². The molecule has 1 N–H and O–H groups in total. The molecule has 0 aliphatic rings. The number of hydrogen-bond acceptors (Lipinski definition) is 2. The number of hydrogen-bond donors (Lipinski definition) is 1. The first-order chi connectivity index (χ1) is 7.23. The molecule has 0 aliphatic carbocycles. The molecule has 0 saturated carbocycles. The summed E-state index contributed by atoms with van der Waals surface area (Å²) in [5, 5.41) is 8.52. The van der Waals surface area contributed by atoms with E-state index in [1.807, 2.05) is 0 Å². The molecule has 0 aliphatic heterocycles. The molecule has 1 aromatic carbocycles. The monoisotopic (exact) mass is 228 g/mol. The van der Waals surface area contributed by atoms with Gasteiger partial charge < -0.3 is 5.11 Å². The van der Waals surface area contributed by atoms with Crippen LogP contribution in [0.2, 0.25) is 0 Å². The number of carboxylic acids is 1. The Balaban J connectivity index is 3.41. The SMILES string of the molecule is Cc1ccc(C(C)(F)F)c(C(=O)C(=O)O)c1. The van der Waals surface area contributed by atoms with Crippen LogP contribution in [0.1, 0.15) is 28.4 Å². The lowest BCUT2D eigenvalue weighted by Crippen LogP contribution is -2.20. The van der Waals surface area contributed by atoms with Crippen molar-refractivity contribution in [2.24, 2.45) is 0 Å². The van der Waals surface area contributed by atoms with Crippen LogP contribution in [-0.2, 0) is 10.7 Å². The van der Waals surface area contributed by atoms with Crippen LogP contribution in [0.15, 0.2) is 18.2 Å². The second-order valence-corrected chi connectivity index (χ2v) is 3.57. The number of aryl methyl sites for hydroxylation is 1. The first kappa shape index (κ1) is 12.3. The van der Waals surface area contributed by atoms with Crippen molar-refractivity contribution in [3.05, 3.63) is 34.9 Å². The summed E-state index contributed by atoms with van der Waals surface area (Å²) in [5.41, 5.74) is -0.469. The second kappa shape index (κ2) is 4.00. The summed E-state index contributed by atoms with van der Waals surface area (Å²) in [5.74, 6) is -6.30. The molecule has 16 heavy (non-hydrogen) atoms. The summed E-state index contributed by atoms with van der Waals surface area (Å²) in [6.07, 6.45) is 0. The van der Waals surface area contributed by atoms with E-state index in [9.17, 15) is 18.4 Å². The standard InChI is InChI=1S/C11H10F2O3/c1-6-3-4-8(11(2,12)13)7(5-6)9(14)10(15)16/h3-5H,1-2H3,(H,15,16). The Morgan fingerprint density at radius 1 is 1.31 bits per heavy atom. The van der Waals surface area contributed by atoms with E-state index in [2.05, 4.69) is 0 Å². The van der Waals surface area contributed by atoms with Gasteiger partial charge in [0.2, 0.25) is 0 Å². The Hall–Kier alpha value is -1.78. The summed E-state index contributed by atoms with van der Waals surface area (Å²) < 4.78 is 26.3.